The van der Waals surface area contributed by atoms with E-state index in [1.165, 1.54) is 0 Å². The quantitative estimate of drug-likeness (QED) is 0.295. The number of carbonyl (C=O) groups is 2. The number of hydrogen-bond donors (Lipinski definition) is 0. The first-order valence-electron chi connectivity index (χ1n) is 7.07. The topological polar surface area (TPSA) is 52.6 Å². The predicted molar refractivity (Wildman–Crippen MR) is 84.7 cm³/mol. The van der Waals surface area contributed by atoms with Gasteiger partial charge < -0.3 is 9.47 Å². The molecule has 0 amide bonds. The summed E-state index contributed by atoms with van der Waals surface area (Å²) in [4.78, 5) is 24.6. The maximum Gasteiger partial charge on any atom is 0.316 e. The Kier molecular flexibility index (Phi) is 8.23. The molecule has 0 fully saturated rings. The van der Waals surface area contributed by atoms with E-state index in [9.17, 15) is 9.59 Å². The molecule has 1 aromatic carbocycles. The van der Waals surface area contributed by atoms with Crippen LogP contribution in [0.2, 0.25) is 0 Å². The number of halogens is 1. The molecule has 0 bridgehead atoms. The largest absolute Gasteiger partial charge is 0.465 e. The zero-order chi connectivity index (χ0) is 15.7. The molecule has 0 aliphatic rings. The molecule has 1 aromatic rings. The SMILES string of the molecule is CCOC(=O)C(CC(CBr)OCC)C(=O)c1ccccc1. The molecule has 2 atom stereocenters. The van der Waals surface area contributed by atoms with Gasteiger partial charge >= 0.3 is 5.97 Å². The fraction of sp³-hybridized carbons (Fsp3) is 0.500. The van der Waals surface area contributed by atoms with Gasteiger partial charge in [-0.25, -0.2) is 0 Å². The lowest BCUT2D eigenvalue weighted by molar-refractivity contribution is -0.147. The third-order valence-corrected chi connectivity index (χ3v) is 3.74. The number of carbonyl (C=O) groups excluding carboxylic acids is 2. The summed E-state index contributed by atoms with van der Waals surface area (Å²) in [5, 5.41) is 0.568. The second-order valence-corrected chi connectivity index (χ2v) is 5.15. The summed E-state index contributed by atoms with van der Waals surface area (Å²) < 4.78 is 10.6. The van der Waals surface area contributed by atoms with E-state index in [0.717, 1.165) is 0 Å². The van der Waals surface area contributed by atoms with Crippen molar-refractivity contribution in [2.24, 2.45) is 5.92 Å². The molecule has 0 spiro atoms. The first kappa shape index (κ1) is 17.9. The summed E-state index contributed by atoms with van der Waals surface area (Å²) in [7, 11) is 0. The molecule has 2 unspecified atom stereocenters. The van der Waals surface area contributed by atoms with Gasteiger partial charge in [0.2, 0.25) is 0 Å². The van der Waals surface area contributed by atoms with Crippen molar-refractivity contribution >= 4 is 27.7 Å². The molecule has 0 heterocycles. The van der Waals surface area contributed by atoms with Crippen LogP contribution in [-0.4, -0.2) is 36.4 Å². The van der Waals surface area contributed by atoms with Crippen molar-refractivity contribution in [3.8, 4) is 0 Å². The molecule has 0 radical (unpaired) electrons. The average Bonchev–Trinajstić information content (AvgIpc) is 2.51. The van der Waals surface area contributed by atoms with Crippen LogP contribution in [-0.2, 0) is 14.3 Å². The fourth-order valence-corrected chi connectivity index (χ4v) is 2.48. The van der Waals surface area contributed by atoms with Gasteiger partial charge in [-0.3, -0.25) is 9.59 Å². The van der Waals surface area contributed by atoms with Gasteiger partial charge in [0, 0.05) is 17.5 Å². The standard InChI is InChI=1S/C16H21BrO4/c1-3-20-13(11-17)10-14(16(19)21-4-2)15(18)12-8-6-5-7-9-12/h5-9,13-14H,3-4,10-11H2,1-2H3. The van der Waals surface area contributed by atoms with Gasteiger partial charge in [0.1, 0.15) is 5.92 Å². The van der Waals surface area contributed by atoms with Crippen LogP contribution >= 0.6 is 15.9 Å². The van der Waals surface area contributed by atoms with E-state index in [2.05, 4.69) is 15.9 Å². The van der Waals surface area contributed by atoms with Crippen LogP contribution in [0, 0.1) is 5.92 Å². The minimum Gasteiger partial charge on any atom is -0.465 e. The molecule has 5 heteroatoms. The molecule has 0 aliphatic heterocycles. The lowest BCUT2D eigenvalue weighted by Gasteiger charge is -2.20. The molecule has 0 saturated heterocycles. The first-order chi connectivity index (χ1) is 10.1. The monoisotopic (exact) mass is 356 g/mol. The number of ketones is 1. The number of esters is 1. The molecule has 0 saturated carbocycles. The van der Waals surface area contributed by atoms with Crippen LogP contribution in [0.15, 0.2) is 30.3 Å². The first-order valence-corrected chi connectivity index (χ1v) is 8.19. The van der Waals surface area contributed by atoms with E-state index in [1.54, 1.807) is 31.2 Å². The van der Waals surface area contributed by atoms with Crippen molar-refractivity contribution < 1.29 is 19.1 Å². The average molecular weight is 357 g/mol. The number of ether oxygens (including phenoxy) is 2. The molecule has 4 nitrogen and oxygen atoms in total. The van der Waals surface area contributed by atoms with Crippen LogP contribution in [0.4, 0.5) is 0 Å². The molecule has 116 valence electrons. The van der Waals surface area contributed by atoms with Crippen molar-refractivity contribution in [1.82, 2.24) is 0 Å². The molecule has 0 N–H and O–H groups in total. The molecule has 0 aromatic heterocycles. The van der Waals surface area contributed by atoms with Crippen molar-refractivity contribution in [2.45, 2.75) is 26.4 Å². The summed E-state index contributed by atoms with van der Waals surface area (Å²) in [5.74, 6) is -1.54. The van der Waals surface area contributed by atoms with Gasteiger partial charge in [0.25, 0.3) is 0 Å². The van der Waals surface area contributed by atoms with Gasteiger partial charge in [-0.2, -0.15) is 0 Å². The Bertz CT molecular complexity index is 447. The highest BCUT2D eigenvalue weighted by Gasteiger charge is 2.31. The minimum atomic E-state index is -0.832. The van der Waals surface area contributed by atoms with Crippen LogP contribution in [0.1, 0.15) is 30.6 Å². The van der Waals surface area contributed by atoms with Gasteiger partial charge in [-0.15, -0.1) is 0 Å². The minimum absolute atomic E-state index is 0.197. The molecule has 21 heavy (non-hydrogen) atoms. The van der Waals surface area contributed by atoms with E-state index in [1.807, 2.05) is 13.0 Å². The zero-order valence-corrected chi connectivity index (χ0v) is 14.0. The van der Waals surface area contributed by atoms with E-state index in [0.29, 0.717) is 23.9 Å². The number of alkyl halides is 1. The Balaban J connectivity index is 2.91. The Labute approximate surface area is 133 Å². The highest BCUT2D eigenvalue weighted by atomic mass is 79.9. The third-order valence-electron chi connectivity index (χ3n) is 3.02. The van der Waals surface area contributed by atoms with E-state index in [-0.39, 0.29) is 18.5 Å². The van der Waals surface area contributed by atoms with E-state index in [4.69, 9.17) is 9.47 Å². The van der Waals surface area contributed by atoms with Gasteiger partial charge in [0.05, 0.1) is 12.7 Å². The summed E-state index contributed by atoms with van der Waals surface area (Å²) >= 11 is 3.35. The highest BCUT2D eigenvalue weighted by Crippen LogP contribution is 2.19. The predicted octanol–water partition coefficient (Wildman–Crippen LogP) is 3.24. The molecular weight excluding hydrogens is 336 g/mol. The van der Waals surface area contributed by atoms with E-state index < -0.39 is 11.9 Å². The normalized spacial score (nSPS) is 13.5. The summed E-state index contributed by atoms with van der Waals surface area (Å²) in [6, 6.07) is 8.80. The third kappa shape index (κ3) is 5.59. The molecule has 1 rings (SSSR count). The fourth-order valence-electron chi connectivity index (χ4n) is 2.03. The second-order valence-electron chi connectivity index (χ2n) is 4.50. The van der Waals surface area contributed by atoms with Crippen molar-refractivity contribution in [2.75, 3.05) is 18.5 Å². The van der Waals surface area contributed by atoms with Crippen LogP contribution in [0.5, 0.6) is 0 Å². The van der Waals surface area contributed by atoms with Gasteiger partial charge in [-0.1, -0.05) is 46.3 Å². The molecular formula is C16H21BrO4. The number of benzene rings is 1. The van der Waals surface area contributed by atoms with Gasteiger partial charge in [-0.05, 0) is 20.3 Å². The Morgan fingerprint density at radius 2 is 1.81 bits per heavy atom. The van der Waals surface area contributed by atoms with E-state index >= 15 is 0 Å². The Morgan fingerprint density at radius 1 is 1.14 bits per heavy atom. The van der Waals surface area contributed by atoms with Crippen LogP contribution in [0.25, 0.3) is 0 Å². The maximum atomic E-state index is 12.5. The Morgan fingerprint density at radius 3 is 2.33 bits per heavy atom. The summed E-state index contributed by atoms with van der Waals surface area (Å²) in [6.45, 7) is 4.40. The second kappa shape index (κ2) is 9.68. The van der Waals surface area contributed by atoms with Crippen molar-refractivity contribution in [1.29, 1.82) is 0 Å². The number of Topliss-reactive ketones (excluding diaryl/α,β-unsaturated/α-hetero) is 1. The summed E-state index contributed by atoms with van der Waals surface area (Å²) in [6.07, 6.45) is 0.114. The van der Waals surface area contributed by atoms with Crippen LogP contribution < -0.4 is 0 Å². The van der Waals surface area contributed by atoms with Crippen molar-refractivity contribution in [3.05, 3.63) is 35.9 Å². The van der Waals surface area contributed by atoms with Crippen LogP contribution in [0.3, 0.4) is 0 Å². The highest BCUT2D eigenvalue weighted by molar-refractivity contribution is 9.09. The maximum absolute atomic E-state index is 12.5. The number of rotatable bonds is 9. The van der Waals surface area contributed by atoms with Crippen molar-refractivity contribution in [3.63, 3.8) is 0 Å². The summed E-state index contributed by atoms with van der Waals surface area (Å²) in [5.41, 5.74) is 0.514. The van der Waals surface area contributed by atoms with Gasteiger partial charge in [0.15, 0.2) is 5.78 Å². The molecule has 0 aliphatic carbocycles. The lowest BCUT2D eigenvalue weighted by atomic mass is 9.92. The zero-order valence-electron chi connectivity index (χ0n) is 12.4. The lowest BCUT2D eigenvalue weighted by Crippen LogP contribution is -2.32. The number of hydrogen-bond acceptors (Lipinski definition) is 4. The Hall–Kier alpha value is -1.20. The smallest absolute Gasteiger partial charge is 0.316 e.